The lowest BCUT2D eigenvalue weighted by Crippen LogP contribution is -2.74. The Balaban J connectivity index is 0.889. The molecule has 0 N–H and O–H groups in total. The third-order valence-electron chi connectivity index (χ3n) is 16.4. The summed E-state index contributed by atoms with van der Waals surface area (Å²) in [7, 11) is -2.77. The smallest absolute Gasteiger partial charge is 0.179 e. The summed E-state index contributed by atoms with van der Waals surface area (Å²) in [5.41, 5.74) is 16.3. The van der Waals surface area contributed by atoms with Gasteiger partial charge in [0.2, 0.25) is 0 Å². The van der Waals surface area contributed by atoms with Crippen LogP contribution in [0.25, 0.3) is 88.2 Å². The maximum absolute atomic E-state index is 2.77. The van der Waals surface area contributed by atoms with E-state index in [0.29, 0.717) is 0 Å². The topological polar surface area (TPSA) is 12.6 Å². The van der Waals surface area contributed by atoms with Gasteiger partial charge in [0.1, 0.15) is 0 Å². The summed E-state index contributed by atoms with van der Waals surface area (Å²) >= 11 is 0. The van der Waals surface area contributed by atoms with Crippen LogP contribution >= 0.6 is 0 Å². The fourth-order valence-corrected chi connectivity index (χ4v) is 17.6. The minimum absolute atomic E-state index is 1.07. The van der Waals surface area contributed by atoms with Crippen molar-refractivity contribution in [2.24, 2.45) is 0 Å². The highest BCUT2D eigenvalue weighted by Crippen LogP contribution is 2.43. The van der Waals surface area contributed by atoms with Crippen molar-refractivity contribution >= 4 is 94.9 Å². The van der Waals surface area contributed by atoms with Crippen LogP contribution in [0.5, 0.6) is 0 Å². The fraction of sp³-hybridized carbons (Fsp3) is 0. The molecule has 0 aliphatic rings. The van der Waals surface area contributed by atoms with Crippen molar-refractivity contribution in [3.05, 3.63) is 322 Å². The van der Waals surface area contributed by atoms with Crippen LogP contribution in [-0.2, 0) is 0 Å². The van der Waals surface area contributed by atoms with Gasteiger partial charge in [0.15, 0.2) is 8.07 Å². The van der Waals surface area contributed by atoms with E-state index >= 15 is 0 Å². The summed E-state index contributed by atoms with van der Waals surface area (Å²) in [6, 6.07) is 119. The van der Waals surface area contributed by atoms with E-state index in [4.69, 9.17) is 0 Å². The molecule has 12 aromatic carbocycles. The number of hydrogen-bond donors (Lipinski definition) is 0. The second kappa shape index (κ2) is 19.6. The molecule has 0 saturated carbocycles. The van der Waals surface area contributed by atoms with Crippen molar-refractivity contribution in [3.8, 4) is 39.2 Å². The Morgan fingerprint density at radius 1 is 0.263 bits per heavy atom. The first-order valence-corrected chi connectivity index (χ1v) is 29.6. The van der Waals surface area contributed by atoms with E-state index < -0.39 is 8.07 Å². The first kappa shape index (κ1) is 47.0. The third-order valence-corrected chi connectivity index (χ3v) is 21.2. The Bertz CT molecular complexity index is 4610. The summed E-state index contributed by atoms with van der Waals surface area (Å²) in [5.74, 6) is 0. The Labute approximate surface area is 466 Å². The van der Waals surface area contributed by atoms with Gasteiger partial charge in [-0.25, -0.2) is 0 Å². The van der Waals surface area contributed by atoms with Gasteiger partial charge in [-0.2, -0.15) is 0 Å². The minimum atomic E-state index is -2.77. The molecule has 3 aromatic heterocycles. The van der Waals surface area contributed by atoms with Gasteiger partial charge in [-0.15, -0.1) is 0 Å². The molecule has 0 radical (unpaired) electrons. The van der Waals surface area contributed by atoms with Crippen LogP contribution in [0, 0.1) is 0 Å². The van der Waals surface area contributed by atoms with E-state index in [-0.39, 0.29) is 0 Å². The fourth-order valence-electron chi connectivity index (χ4n) is 12.9. The van der Waals surface area contributed by atoms with Crippen LogP contribution in [0.2, 0.25) is 0 Å². The molecule has 0 atom stereocenters. The molecule has 4 heteroatoms. The Hall–Kier alpha value is -10.3. The molecule has 3 heterocycles. The zero-order valence-corrected chi connectivity index (χ0v) is 44.9. The summed E-state index contributed by atoms with van der Waals surface area (Å²) < 4.78 is 4.87. The second-order valence-electron chi connectivity index (χ2n) is 20.8. The van der Waals surface area contributed by atoms with Crippen LogP contribution in [-0.4, -0.2) is 17.0 Å². The summed E-state index contributed by atoms with van der Waals surface area (Å²) in [6.07, 6.45) is 0. The number of benzene rings is 12. The molecule has 15 rings (SSSR count). The SMILES string of the molecule is c1ccc(-c2c3ccccc3n3c(-c4ccc(N(c5ccc(-c6ccc7c(c6)c6ccccc6n7-c6ccccc6)cc5)c5ccc([Si](c6ccccc6)(c6ccccc6)c6ccccc6)cc5)cc4)c4ccccc4cc23)cc1. The molecule has 0 fully saturated rings. The van der Waals surface area contributed by atoms with E-state index in [9.17, 15) is 0 Å². The molecule has 15 aromatic rings. The van der Waals surface area contributed by atoms with Gasteiger partial charge in [0, 0.05) is 49.9 Å². The minimum Gasteiger partial charge on any atom is -0.311 e. The van der Waals surface area contributed by atoms with Gasteiger partial charge in [-0.3, -0.25) is 0 Å². The van der Waals surface area contributed by atoms with Gasteiger partial charge in [-0.1, -0.05) is 243 Å². The summed E-state index contributed by atoms with van der Waals surface area (Å²) in [5, 5.41) is 11.5. The molecule has 0 saturated heterocycles. The van der Waals surface area contributed by atoms with E-state index in [1.54, 1.807) is 0 Å². The molecular weight excluding hydrogens is 983 g/mol. The lowest BCUT2D eigenvalue weighted by molar-refractivity contribution is 1.18. The van der Waals surface area contributed by atoms with Crippen LogP contribution in [0.15, 0.2) is 322 Å². The monoisotopic (exact) mass is 1040 g/mol. The molecule has 0 spiro atoms. The van der Waals surface area contributed by atoms with Gasteiger partial charge in [-0.05, 0) is 127 Å². The van der Waals surface area contributed by atoms with Crippen molar-refractivity contribution in [2.75, 3.05) is 4.90 Å². The highest BCUT2D eigenvalue weighted by Gasteiger charge is 2.41. The highest BCUT2D eigenvalue weighted by atomic mass is 28.3. The summed E-state index contributed by atoms with van der Waals surface area (Å²) in [4.78, 5) is 2.42. The third kappa shape index (κ3) is 7.72. The molecule has 80 heavy (non-hydrogen) atoms. The van der Waals surface area contributed by atoms with Crippen molar-refractivity contribution in [1.29, 1.82) is 0 Å². The van der Waals surface area contributed by atoms with Crippen LogP contribution in [0.3, 0.4) is 0 Å². The van der Waals surface area contributed by atoms with Crippen LogP contribution in [0.4, 0.5) is 17.1 Å². The normalized spacial score (nSPS) is 11.8. The van der Waals surface area contributed by atoms with Crippen molar-refractivity contribution < 1.29 is 0 Å². The number of rotatable bonds is 11. The molecule has 0 bridgehead atoms. The van der Waals surface area contributed by atoms with Gasteiger partial charge in [0.05, 0.1) is 27.8 Å². The average Bonchev–Trinajstić information content (AvgIpc) is 4.08. The maximum atomic E-state index is 2.49. The number of hydrogen-bond acceptors (Lipinski definition) is 1. The van der Waals surface area contributed by atoms with Crippen LogP contribution in [0.1, 0.15) is 0 Å². The lowest BCUT2D eigenvalue weighted by Gasteiger charge is -2.35. The average molecular weight is 1040 g/mol. The maximum Gasteiger partial charge on any atom is 0.179 e. The zero-order chi connectivity index (χ0) is 53.0. The quantitative estimate of drug-likeness (QED) is 0.0929. The van der Waals surface area contributed by atoms with E-state index in [2.05, 4.69) is 335 Å². The Morgan fingerprint density at radius 2 is 0.700 bits per heavy atom. The molecule has 0 aliphatic carbocycles. The van der Waals surface area contributed by atoms with Gasteiger partial charge >= 0.3 is 0 Å². The number of fused-ring (bicyclic) bond motifs is 7. The molecule has 3 nitrogen and oxygen atoms in total. The standard InChI is InChI=1S/C76H53N3Si/c1-6-22-55(23-7-1)75-69-35-19-21-37-72(69)79-74(75)53-58-24-16-17-33-67(58)76(79)56-40-45-61(46-41-56)77(62-47-49-66(50-48-62)80(63-27-10-3-11-28-63,64-29-12-4-13-30-64)65-31-14-5-15-32-65)60-43-38-54(39-44-60)57-42-51-73-70(52-57)68-34-18-20-36-71(68)78(73)59-25-8-2-9-26-59/h1-53H. The van der Waals surface area contributed by atoms with Crippen molar-refractivity contribution in [2.45, 2.75) is 0 Å². The van der Waals surface area contributed by atoms with E-state index in [0.717, 1.165) is 33.9 Å². The van der Waals surface area contributed by atoms with Crippen molar-refractivity contribution in [3.63, 3.8) is 0 Å². The molecule has 0 aliphatic heterocycles. The van der Waals surface area contributed by atoms with Gasteiger partial charge < -0.3 is 13.9 Å². The Kier molecular flexibility index (Phi) is 11.5. The number of nitrogens with zero attached hydrogens (tertiary/aromatic N) is 3. The number of para-hydroxylation sites is 3. The molecule has 0 unspecified atom stereocenters. The summed E-state index contributed by atoms with van der Waals surface area (Å²) in [6.45, 7) is 0. The predicted molar refractivity (Wildman–Crippen MR) is 341 cm³/mol. The lowest BCUT2D eigenvalue weighted by atomic mass is 10.00. The highest BCUT2D eigenvalue weighted by molar-refractivity contribution is 7.19. The Morgan fingerprint density at radius 3 is 1.30 bits per heavy atom. The molecule has 0 amide bonds. The predicted octanol–water partition coefficient (Wildman–Crippen LogP) is 17.2. The second-order valence-corrected chi connectivity index (χ2v) is 24.6. The van der Waals surface area contributed by atoms with Crippen molar-refractivity contribution in [1.82, 2.24) is 8.97 Å². The number of aromatic nitrogens is 2. The van der Waals surface area contributed by atoms with E-state index in [1.165, 1.54) is 92.1 Å². The molecule has 376 valence electrons. The first-order chi connectivity index (χ1) is 39.7. The van der Waals surface area contributed by atoms with E-state index in [1.807, 2.05) is 0 Å². The number of pyridine rings is 1. The first-order valence-electron chi connectivity index (χ1n) is 27.6. The largest absolute Gasteiger partial charge is 0.311 e. The van der Waals surface area contributed by atoms with Crippen LogP contribution < -0.4 is 25.6 Å². The molecular formula is C76H53N3Si. The number of anilines is 3. The zero-order valence-electron chi connectivity index (χ0n) is 43.9. The van der Waals surface area contributed by atoms with Gasteiger partial charge in [0.25, 0.3) is 0 Å².